The van der Waals surface area contributed by atoms with Gasteiger partial charge in [0.05, 0.1) is 11.0 Å². The number of rotatable bonds is 5. The summed E-state index contributed by atoms with van der Waals surface area (Å²) in [5.41, 5.74) is 8.40. The van der Waals surface area contributed by atoms with E-state index in [4.69, 9.17) is 10.5 Å². The number of sulfonamides is 1. The van der Waals surface area contributed by atoms with Crippen molar-refractivity contribution in [2.24, 2.45) is 0 Å². The lowest BCUT2D eigenvalue weighted by Gasteiger charge is -2.12. The Labute approximate surface area is 136 Å². The largest absolute Gasteiger partial charge is 0.398 e. The van der Waals surface area contributed by atoms with Gasteiger partial charge in [-0.25, -0.2) is 13.1 Å². The van der Waals surface area contributed by atoms with Gasteiger partial charge in [0.15, 0.2) is 0 Å². The van der Waals surface area contributed by atoms with Gasteiger partial charge in [-0.3, -0.25) is 0 Å². The highest BCUT2D eigenvalue weighted by Crippen LogP contribution is 2.26. The molecule has 0 bridgehead atoms. The van der Waals surface area contributed by atoms with Crippen molar-refractivity contribution in [3.05, 3.63) is 48.5 Å². The van der Waals surface area contributed by atoms with Gasteiger partial charge >= 0.3 is 0 Å². The van der Waals surface area contributed by atoms with Gasteiger partial charge in [-0.05, 0) is 36.6 Å². The molecule has 0 saturated carbocycles. The fourth-order valence-electron chi connectivity index (χ4n) is 2.66. The number of nitrogen functional groups attached to an aromatic ring is 1. The monoisotopic (exact) mass is 332 g/mol. The second-order valence-corrected chi connectivity index (χ2v) is 7.37. The maximum atomic E-state index is 12.3. The van der Waals surface area contributed by atoms with Crippen LogP contribution in [0.1, 0.15) is 12.8 Å². The number of benzene rings is 2. The third-order valence-corrected chi connectivity index (χ3v) is 5.40. The van der Waals surface area contributed by atoms with Crippen molar-refractivity contribution in [1.29, 1.82) is 0 Å². The second kappa shape index (κ2) is 6.70. The Morgan fingerprint density at radius 3 is 2.52 bits per heavy atom. The minimum absolute atomic E-state index is 0.0202. The molecule has 122 valence electrons. The molecule has 6 heteroatoms. The predicted octanol–water partition coefficient (Wildman–Crippen LogP) is 2.39. The second-order valence-electron chi connectivity index (χ2n) is 5.60. The van der Waals surface area contributed by atoms with E-state index in [1.807, 2.05) is 24.3 Å². The molecule has 1 aliphatic heterocycles. The van der Waals surface area contributed by atoms with Crippen molar-refractivity contribution in [1.82, 2.24) is 4.72 Å². The van der Waals surface area contributed by atoms with Crippen LogP contribution < -0.4 is 10.5 Å². The smallest absolute Gasteiger partial charge is 0.240 e. The van der Waals surface area contributed by atoms with Gasteiger partial charge in [0.1, 0.15) is 0 Å². The summed E-state index contributed by atoms with van der Waals surface area (Å²) in [5.74, 6) is 0. The van der Waals surface area contributed by atoms with E-state index in [1.165, 1.54) is 0 Å². The number of hydrogen-bond donors (Lipinski definition) is 2. The fourth-order valence-corrected chi connectivity index (χ4v) is 3.73. The molecule has 2 aromatic carbocycles. The van der Waals surface area contributed by atoms with Gasteiger partial charge in [-0.15, -0.1) is 0 Å². The van der Waals surface area contributed by atoms with Crippen LogP contribution in [0, 0.1) is 0 Å². The fraction of sp³-hybridized carbons (Fsp3) is 0.294. The Balaban J connectivity index is 1.74. The maximum Gasteiger partial charge on any atom is 0.240 e. The molecule has 0 amide bonds. The van der Waals surface area contributed by atoms with Gasteiger partial charge in [0.2, 0.25) is 10.0 Å². The van der Waals surface area contributed by atoms with Crippen LogP contribution in [-0.2, 0) is 14.8 Å². The Bertz CT molecular complexity index is 767. The zero-order valence-electron chi connectivity index (χ0n) is 12.7. The Hall–Kier alpha value is -1.89. The van der Waals surface area contributed by atoms with Crippen LogP contribution in [-0.4, -0.2) is 27.7 Å². The van der Waals surface area contributed by atoms with Gasteiger partial charge in [0, 0.05) is 24.4 Å². The molecule has 1 fully saturated rings. The lowest BCUT2D eigenvalue weighted by atomic mass is 10.0. The van der Waals surface area contributed by atoms with Crippen molar-refractivity contribution in [2.45, 2.75) is 23.8 Å². The normalized spacial score (nSPS) is 18.2. The van der Waals surface area contributed by atoms with Gasteiger partial charge in [-0.1, -0.05) is 30.3 Å². The molecule has 5 nitrogen and oxygen atoms in total. The molecule has 1 unspecified atom stereocenters. The quantitative estimate of drug-likeness (QED) is 0.824. The van der Waals surface area contributed by atoms with Crippen LogP contribution in [0.25, 0.3) is 11.1 Å². The molecular weight excluding hydrogens is 312 g/mol. The summed E-state index contributed by atoms with van der Waals surface area (Å²) in [7, 11) is -3.52. The Morgan fingerprint density at radius 1 is 1.13 bits per heavy atom. The van der Waals surface area contributed by atoms with Crippen LogP contribution in [0.4, 0.5) is 5.69 Å². The first-order chi connectivity index (χ1) is 11.1. The molecule has 23 heavy (non-hydrogen) atoms. The molecule has 0 radical (unpaired) electrons. The maximum absolute atomic E-state index is 12.3. The first kappa shape index (κ1) is 16.0. The highest BCUT2D eigenvalue weighted by atomic mass is 32.2. The van der Waals surface area contributed by atoms with E-state index < -0.39 is 10.0 Å². The molecule has 1 atom stereocenters. The summed E-state index contributed by atoms with van der Waals surface area (Å²) < 4.78 is 32.7. The lowest BCUT2D eigenvalue weighted by Crippen LogP contribution is -2.31. The average Bonchev–Trinajstić information content (AvgIpc) is 3.07. The summed E-state index contributed by atoms with van der Waals surface area (Å²) in [5, 5.41) is 0. The molecule has 1 saturated heterocycles. The number of ether oxygens (including phenoxy) is 1. The summed E-state index contributed by atoms with van der Waals surface area (Å²) in [6.45, 7) is 1.02. The van der Waals surface area contributed by atoms with E-state index in [2.05, 4.69) is 4.72 Å². The van der Waals surface area contributed by atoms with E-state index in [1.54, 1.807) is 24.3 Å². The van der Waals surface area contributed by atoms with E-state index in [-0.39, 0.29) is 11.0 Å². The third-order valence-electron chi connectivity index (χ3n) is 3.96. The number of hydrogen-bond acceptors (Lipinski definition) is 4. The Kier molecular flexibility index (Phi) is 4.66. The molecule has 0 spiro atoms. The highest BCUT2D eigenvalue weighted by molar-refractivity contribution is 7.89. The zero-order valence-corrected chi connectivity index (χ0v) is 13.6. The van der Waals surface area contributed by atoms with E-state index in [0.717, 1.165) is 24.0 Å². The van der Waals surface area contributed by atoms with Gasteiger partial charge in [0.25, 0.3) is 0 Å². The van der Waals surface area contributed by atoms with Crippen molar-refractivity contribution in [3.8, 4) is 11.1 Å². The first-order valence-electron chi connectivity index (χ1n) is 7.62. The van der Waals surface area contributed by atoms with Crippen LogP contribution in [0.2, 0.25) is 0 Å². The molecule has 3 rings (SSSR count). The summed E-state index contributed by atoms with van der Waals surface area (Å²) >= 11 is 0. The van der Waals surface area contributed by atoms with Gasteiger partial charge in [-0.2, -0.15) is 0 Å². The van der Waals surface area contributed by atoms with E-state index in [9.17, 15) is 8.42 Å². The van der Waals surface area contributed by atoms with Crippen molar-refractivity contribution in [3.63, 3.8) is 0 Å². The van der Waals surface area contributed by atoms with Crippen LogP contribution in [0.5, 0.6) is 0 Å². The molecule has 0 aromatic heterocycles. The van der Waals surface area contributed by atoms with Gasteiger partial charge < -0.3 is 10.5 Å². The molecule has 2 aromatic rings. The summed E-state index contributed by atoms with van der Waals surface area (Å²) in [6, 6.07) is 14.2. The van der Waals surface area contributed by atoms with E-state index in [0.29, 0.717) is 18.8 Å². The van der Waals surface area contributed by atoms with E-state index >= 15 is 0 Å². The first-order valence-corrected chi connectivity index (χ1v) is 9.11. The highest BCUT2D eigenvalue weighted by Gasteiger charge is 2.20. The number of para-hydroxylation sites is 1. The third kappa shape index (κ3) is 3.72. The number of nitrogens with two attached hydrogens (primary N) is 1. The Morgan fingerprint density at radius 2 is 1.87 bits per heavy atom. The molecule has 3 N–H and O–H groups in total. The predicted molar refractivity (Wildman–Crippen MR) is 90.5 cm³/mol. The molecule has 1 heterocycles. The minimum Gasteiger partial charge on any atom is -0.398 e. The van der Waals surface area contributed by atoms with Crippen molar-refractivity contribution < 1.29 is 13.2 Å². The summed E-state index contributed by atoms with van der Waals surface area (Å²) in [6.07, 6.45) is 1.86. The van der Waals surface area contributed by atoms with Crippen LogP contribution >= 0.6 is 0 Å². The topological polar surface area (TPSA) is 81.4 Å². The molecule has 1 aliphatic rings. The molecular formula is C17H20N2O3S. The SMILES string of the molecule is Nc1ccccc1-c1ccc(S(=O)(=O)NCC2CCCO2)cc1. The minimum atomic E-state index is -3.52. The lowest BCUT2D eigenvalue weighted by molar-refractivity contribution is 0.114. The van der Waals surface area contributed by atoms with Crippen LogP contribution in [0.3, 0.4) is 0 Å². The number of anilines is 1. The van der Waals surface area contributed by atoms with Crippen LogP contribution in [0.15, 0.2) is 53.4 Å². The summed E-state index contributed by atoms with van der Waals surface area (Å²) in [4.78, 5) is 0.244. The zero-order chi connectivity index (χ0) is 16.3. The van der Waals surface area contributed by atoms with Crippen molar-refractivity contribution in [2.75, 3.05) is 18.9 Å². The average molecular weight is 332 g/mol. The molecule has 0 aliphatic carbocycles. The number of nitrogens with one attached hydrogen (secondary N) is 1. The van der Waals surface area contributed by atoms with Crippen molar-refractivity contribution >= 4 is 15.7 Å². The standard InChI is InChI=1S/C17H20N2O3S/c18-17-6-2-1-5-16(17)13-7-9-15(10-8-13)23(20,21)19-12-14-4-3-11-22-14/h1-2,5-10,14,19H,3-4,11-12,18H2.